The third-order valence-corrected chi connectivity index (χ3v) is 5.25. The van der Waals surface area contributed by atoms with Gasteiger partial charge < -0.3 is 5.73 Å². The predicted molar refractivity (Wildman–Crippen MR) is 74.1 cm³/mol. The minimum Gasteiger partial charge on any atom is -0.330 e. The van der Waals surface area contributed by atoms with Crippen LogP contribution < -0.4 is 5.73 Å². The van der Waals surface area contributed by atoms with Crippen molar-refractivity contribution in [2.24, 2.45) is 11.7 Å². The van der Waals surface area contributed by atoms with E-state index in [-0.39, 0.29) is 31.4 Å². The molecule has 0 aromatic heterocycles. The standard InChI is InChI=1S/C12H16F2N2O2S.ClH/c13-10-4-1-5-11(14)12(10)19(17,18)16-6-2-3-9(7-15)8-16;/h1,4-5,9H,2-3,6-8,15H2;1H. The minimum absolute atomic E-state index is 0. The zero-order chi connectivity index (χ0) is 14.0. The number of nitrogens with zero attached hydrogens (tertiary/aromatic N) is 1. The van der Waals surface area contributed by atoms with E-state index in [4.69, 9.17) is 5.73 Å². The Morgan fingerprint density at radius 2 is 1.90 bits per heavy atom. The van der Waals surface area contributed by atoms with E-state index in [9.17, 15) is 17.2 Å². The SMILES string of the molecule is Cl.NCC1CCCN(S(=O)(=O)c2c(F)cccc2F)C1. The Kier molecular flexibility index (Phi) is 5.88. The lowest BCUT2D eigenvalue weighted by Gasteiger charge is -2.31. The summed E-state index contributed by atoms with van der Waals surface area (Å²) in [5.41, 5.74) is 5.54. The summed E-state index contributed by atoms with van der Waals surface area (Å²) in [6.07, 6.45) is 1.49. The van der Waals surface area contributed by atoms with E-state index in [0.29, 0.717) is 13.0 Å². The van der Waals surface area contributed by atoms with E-state index in [1.165, 1.54) is 0 Å². The lowest BCUT2D eigenvalue weighted by atomic mass is 10.0. The fourth-order valence-electron chi connectivity index (χ4n) is 2.30. The predicted octanol–water partition coefficient (Wildman–Crippen LogP) is 1.75. The number of sulfonamides is 1. The van der Waals surface area contributed by atoms with Crippen molar-refractivity contribution < 1.29 is 17.2 Å². The van der Waals surface area contributed by atoms with Gasteiger partial charge >= 0.3 is 0 Å². The molecule has 4 nitrogen and oxygen atoms in total. The molecule has 2 rings (SSSR count). The van der Waals surface area contributed by atoms with Crippen LogP contribution in [0.2, 0.25) is 0 Å². The van der Waals surface area contributed by atoms with Crippen molar-refractivity contribution in [1.29, 1.82) is 0 Å². The highest BCUT2D eigenvalue weighted by molar-refractivity contribution is 7.89. The molecule has 2 N–H and O–H groups in total. The van der Waals surface area contributed by atoms with E-state index in [2.05, 4.69) is 0 Å². The van der Waals surface area contributed by atoms with Gasteiger partial charge in [-0.1, -0.05) is 6.07 Å². The van der Waals surface area contributed by atoms with E-state index in [1.54, 1.807) is 0 Å². The zero-order valence-corrected chi connectivity index (χ0v) is 12.4. The summed E-state index contributed by atoms with van der Waals surface area (Å²) in [7, 11) is -4.14. The van der Waals surface area contributed by atoms with Crippen molar-refractivity contribution in [3.63, 3.8) is 0 Å². The van der Waals surface area contributed by atoms with Crippen LogP contribution in [0.5, 0.6) is 0 Å². The van der Waals surface area contributed by atoms with Gasteiger partial charge in [-0.05, 0) is 37.4 Å². The van der Waals surface area contributed by atoms with Gasteiger partial charge in [-0.3, -0.25) is 0 Å². The van der Waals surface area contributed by atoms with Gasteiger partial charge in [-0.2, -0.15) is 4.31 Å². The third-order valence-electron chi connectivity index (χ3n) is 3.33. The van der Waals surface area contributed by atoms with Crippen molar-refractivity contribution in [1.82, 2.24) is 4.31 Å². The number of hydrogen-bond donors (Lipinski definition) is 1. The summed E-state index contributed by atoms with van der Waals surface area (Å²) in [4.78, 5) is -0.868. The second-order valence-electron chi connectivity index (χ2n) is 4.66. The quantitative estimate of drug-likeness (QED) is 0.920. The second kappa shape index (κ2) is 6.80. The molecule has 114 valence electrons. The van der Waals surface area contributed by atoms with Crippen molar-refractivity contribution in [2.75, 3.05) is 19.6 Å². The van der Waals surface area contributed by atoms with Crippen LogP contribution in [0, 0.1) is 17.6 Å². The average molecular weight is 327 g/mol. The molecule has 8 heteroatoms. The van der Waals surface area contributed by atoms with Crippen LogP contribution in [0.1, 0.15) is 12.8 Å². The minimum atomic E-state index is -4.14. The molecular weight excluding hydrogens is 310 g/mol. The summed E-state index contributed by atoms with van der Waals surface area (Å²) in [6.45, 7) is 0.852. The molecule has 0 aliphatic carbocycles. The molecule has 0 amide bonds. The highest BCUT2D eigenvalue weighted by Crippen LogP contribution is 2.26. The molecule has 0 saturated carbocycles. The van der Waals surface area contributed by atoms with Crippen LogP contribution in [0.4, 0.5) is 8.78 Å². The summed E-state index contributed by atoms with van der Waals surface area (Å²) >= 11 is 0. The molecule has 1 aliphatic rings. The Morgan fingerprint density at radius 1 is 1.30 bits per heavy atom. The van der Waals surface area contributed by atoms with E-state index < -0.39 is 26.6 Å². The molecule has 1 aromatic rings. The number of benzene rings is 1. The average Bonchev–Trinajstić information content (AvgIpc) is 2.38. The van der Waals surface area contributed by atoms with Crippen molar-refractivity contribution in [3.05, 3.63) is 29.8 Å². The van der Waals surface area contributed by atoms with Crippen LogP contribution in [-0.4, -0.2) is 32.4 Å². The van der Waals surface area contributed by atoms with E-state index >= 15 is 0 Å². The number of hydrogen-bond acceptors (Lipinski definition) is 3. The Bertz CT molecular complexity index is 548. The van der Waals surface area contributed by atoms with Crippen LogP contribution >= 0.6 is 12.4 Å². The number of halogens is 3. The summed E-state index contributed by atoms with van der Waals surface area (Å²) in [6, 6.07) is 3.03. The molecule has 0 radical (unpaired) electrons. The molecule has 1 heterocycles. The maximum atomic E-state index is 13.6. The number of rotatable bonds is 3. The maximum Gasteiger partial charge on any atom is 0.248 e. The monoisotopic (exact) mass is 326 g/mol. The Labute approximate surface area is 123 Å². The first-order valence-electron chi connectivity index (χ1n) is 6.11. The number of piperidine rings is 1. The topological polar surface area (TPSA) is 63.4 Å². The lowest BCUT2D eigenvalue weighted by molar-refractivity contribution is 0.270. The fraction of sp³-hybridized carbons (Fsp3) is 0.500. The number of nitrogens with two attached hydrogens (primary N) is 1. The molecular formula is C12H17ClF2N2O2S. The van der Waals surface area contributed by atoms with E-state index in [0.717, 1.165) is 28.9 Å². The van der Waals surface area contributed by atoms with Gasteiger partial charge in [-0.15, -0.1) is 12.4 Å². The highest BCUT2D eigenvalue weighted by Gasteiger charge is 2.33. The summed E-state index contributed by atoms with van der Waals surface area (Å²) in [5, 5.41) is 0. The van der Waals surface area contributed by atoms with Crippen molar-refractivity contribution in [3.8, 4) is 0 Å². The molecule has 1 atom stereocenters. The van der Waals surface area contributed by atoms with Gasteiger partial charge in [-0.25, -0.2) is 17.2 Å². The third kappa shape index (κ3) is 3.28. The van der Waals surface area contributed by atoms with Crippen LogP contribution in [0.25, 0.3) is 0 Å². The normalized spacial score (nSPS) is 20.4. The molecule has 20 heavy (non-hydrogen) atoms. The van der Waals surface area contributed by atoms with E-state index in [1.807, 2.05) is 0 Å². The first-order valence-corrected chi connectivity index (χ1v) is 7.55. The zero-order valence-electron chi connectivity index (χ0n) is 10.8. The largest absolute Gasteiger partial charge is 0.330 e. The van der Waals surface area contributed by atoms with Crippen molar-refractivity contribution >= 4 is 22.4 Å². The molecule has 0 spiro atoms. The highest BCUT2D eigenvalue weighted by atomic mass is 35.5. The first kappa shape index (κ1) is 17.3. The Balaban J connectivity index is 0.00000200. The first-order chi connectivity index (χ1) is 8.96. The molecule has 1 aliphatic heterocycles. The Morgan fingerprint density at radius 3 is 2.45 bits per heavy atom. The van der Waals surface area contributed by atoms with Gasteiger partial charge in [0, 0.05) is 13.1 Å². The summed E-state index contributed by atoms with van der Waals surface area (Å²) in [5.74, 6) is -2.08. The molecule has 1 unspecified atom stereocenters. The smallest absolute Gasteiger partial charge is 0.248 e. The van der Waals surface area contributed by atoms with Gasteiger partial charge in [0.05, 0.1) is 0 Å². The summed E-state index contributed by atoms with van der Waals surface area (Å²) < 4.78 is 52.9. The van der Waals surface area contributed by atoms with Gasteiger partial charge in [0.15, 0.2) is 4.90 Å². The van der Waals surface area contributed by atoms with Crippen molar-refractivity contribution in [2.45, 2.75) is 17.7 Å². The van der Waals surface area contributed by atoms with Gasteiger partial charge in [0.2, 0.25) is 10.0 Å². The maximum absolute atomic E-state index is 13.6. The fourth-order valence-corrected chi connectivity index (χ4v) is 3.96. The lowest BCUT2D eigenvalue weighted by Crippen LogP contribution is -2.42. The molecule has 1 fully saturated rings. The van der Waals surface area contributed by atoms with Crippen LogP contribution in [-0.2, 0) is 10.0 Å². The molecule has 0 bridgehead atoms. The molecule has 1 saturated heterocycles. The Hall–Kier alpha value is -0.760. The van der Waals surface area contributed by atoms with Crippen LogP contribution in [0.3, 0.4) is 0 Å². The molecule has 1 aromatic carbocycles. The second-order valence-corrected chi connectivity index (χ2v) is 6.53. The van der Waals surface area contributed by atoms with Gasteiger partial charge in [0.1, 0.15) is 11.6 Å². The van der Waals surface area contributed by atoms with Gasteiger partial charge in [0.25, 0.3) is 0 Å². The van der Waals surface area contributed by atoms with Crippen LogP contribution in [0.15, 0.2) is 23.1 Å².